The first-order valence-electron chi connectivity index (χ1n) is 9.69. The van der Waals surface area contributed by atoms with Crippen LogP contribution in [0.4, 0.5) is 4.39 Å². The molecule has 2 amide bonds. The van der Waals surface area contributed by atoms with Gasteiger partial charge in [0.1, 0.15) is 17.9 Å². The molecule has 0 spiro atoms. The van der Waals surface area contributed by atoms with Gasteiger partial charge in [0.2, 0.25) is 11.8 Å². The van der Waals surface area contributed by atoms with E-state index in [1.54, 1.807) is 42.2 Å². The van der Waals surface area contributed by atoms with Crippen LogP contribution in [0.2, 0.25) is 0 Å². The first-order chi connectivity index (χ1) is 15.3. The molecule has 0 radical (unpaired) electrons. The van der Waals surface area contributed by atoms with Crippen LogP contribution < -0.4 is 10.6 Å². The molecule has 0 saturated carbocycles. The third-order valence-electron chi connectivity index (χ3n) is 5.04. The Morgan fingerprint density at radius 1 is 1.12 bits per heavy atom. The summed E-state index contributed by atoms with van der Waals surface area (Å²) in [5.41, 5.74) is 2.68. The Kier molecular flexibility index (Phi) is 5.59. The number of carboxylic acids is 1. The van der Waals surface area contributed by atoms with Gasteiger partial charge in [0.15, 0.2) is 0 Å². The van der Waals surface area contributed by atoms with Gasteiger partial charge in [-0.25, -0.2) is 4.39 Å². The Morgan fingerprint density at radius 2 is 1.91 bits per heavy atom. The minimum absolute atomic E-state index is 0.0636. The summed E-state index contributed by atoms with van der Waals surface area (Å²) in [6.45, 7) is -0.867. The Labute approximate surface area is 180 Å². The van der Waals surface area contributed by atoms with Crippen LogP contribution in [0.5, 0.6) is 0 Å². The number of aromatic nitrogens is 2. The first kappa shape index (κ1) is 21.0. The quantitative estimate of drug-likeness (QED) is 0.405. The summed E-state index contributed by atoms with van der Waals surface area (Å²) in [6, 6.07) is 8.38. The summed E-state index contributed by atoms with van der Waals surface area (Å²) in [6.07, 6.45) is 2.96. The van der Waals surface area contributed by atoms with E-state index in [1.807, 2.05) is 0 Å². The maximum Gasteiger partial charge on any atom is 0.322 e. The highest BCUT2D eigenvalue weighted by molar-refractivity contribution is 5.98. The van der Waals surface area contributed by atoms with Crippen LogP contribution in [-0.4, -0.2) is 45.8 Å². The van der Waals surface area contributed by atoms with Crippen molar-refractivity contribution in [2.45, 2.75) is 6.42 Å². The van der Waals surface area contributed by atoms with Crippen LogP contribution in [0.25, 0.3) is 33.0 Å². The fraction of sp³-hybridized carbons (Fsp3) is 0.182. The van der Waals surface area contributed by atoms with Crippen LogP contribution in [-0.2, 0) is 27.9 Å². The van der Waals surface area contributed by atoms with Crippen LogP contribution >= 0.6 is 0 Å². The molecule has 4 aromatic rings. The monoisotopic (exact) mass is 438 g/mol. The Hall–Kier alpha value is -4.21. The molecule has 10 heteroatoms. The summed E-state index contributed by atoms with van der Waals surface area (Å²) < 4.78 is 22.2. The fourth-order valence-electron chi connectivity index (χ4n) is 3.49. The van der Waals surface area contributed by atoms with Gasteiger partial charge in [-0.15, -0.1) is 0 Å². The average molecular weight is 438 g/mol. The molecule has 0 fully saturated rings. The minimum atomic E-state index is -1.18. The van der Waals surface area contributed by atoms with Crippen LogP contribution in [0.15, 0.2) is 47.2 Å². The number of aryl methyl sites for hydroxylation is 1. The Bertz CT molecular complexity index is 1360. The van der Waals surface area contributed by atoms with E-state index < -0.39 is 30.1 Å². The number of halogens is 1. The zero-order valence-electron chi connectivity index (χ0n) is 17.0. The van der Waals surface area contributed by atoms with E-state index in [1.165, 1.54) is 12.3 Å². The predicted octanol–water partition coefficient (Wildman–Crippen LogP) is 1.99. The summed E-state index contributed by atoms with van der Waals surface area (Å²) in [7, 11) is 1.77. The van der Waals surface area contributed by atoms with Crippen LogP contribution in [0.3, 0.4) is 0 Å². The standard InChI is InChI=1S/C22H19FN4O5/c1-27-18-7-16(17(23)5-12(18)8-26-27)15-4-2-3-14-13(11-32-22(14)15)6-19(28)24-9-20(29)25-10-21(30)31/h2-5,7-8,11H,6,9-10H2,1H3,(H,24,28)(H,25,29)(H,30,31). The van der Waals surface area contributed by atoms with Gasteiger partial charge < -0.3 is 20.2 Å². The van der Waals surface area contributed by atoms with Crippen molar-refractivity contribution in [2.75, 3.05) is 13.1 Å². The zero-order chi connectivity index (χ0) is 22.8. The summed E-state index contributed by atoms with van der Waals surface area (Å²) >= 11 is 0. The number of hydrogen-bond donors (Lipinski definition) is 3. The number of aliphatic carboxylic acids is 1. The molecule has 0 atom stereocenters. The fourth-order valence-corrected chi connectivity index (χ4v) is 3.49. The zero-order valence-corrected chi connectivity index (χ0v) is 17.0. The number of nitrogens with one attached hydrogen (secondary N) is 2. The molecular weight excluding hydrogens is 419 g/mol. The molecule has 2 aromatic heterocycles. The third kappa shape index (κ3) is 4.15. The second kappa shape index (κ2) is 8.50. The van der Waals surface area contributed by atoms with Gasteiger partial charge in [-0.05, 0) is 12.1 Å². The average Bonchev–Trinajstić information content (AvgIpc) is 3.33. The van der Waals surface area contributed by atoms with E-state index in [0.717, 1.165) is 5.52 Å². The normalized spacial score (nSPS) is 11.1. The van der Waals surface area contributed by atoms with Gasteiger partial charge in [0, 0.05) is 34.5 Å². The summed E-state index contributed by atoms with van der Waals surface area (Å²) in [4.78, 5) is 34.2. The maximum absolute atomic E-state index is 14.8. The molecule has 0 unspecified atom stereocenters. The van der Waals surface area contributed by atoms with Gasteiger partial charge in [0.05, 0.1) is 30.9 Å². The molecule has 0 aliphatic heterocycles. The summed E-state index contributed by atoms with van der Waals surface area (Å²) in [5.74, 6) is -2.64. The molecule has 0 aliphatic carbocycles. The number of benzene rings is 2. The smallest absolute Gasteiger partial charge is 0.322 e. The Morgan fingerprint density at radius 3 is 2.69 bits per heavy atom. The van der Waals surface area contributed by atoms with Gasteiger partial charge in [0.25, 0.3) is 0 Å². The lowest BCUT2D eigenvalue weighted by atomic mass is 10.00. The van der Waals surface area contributed by atoms with Gasteiger partial charge >= 0.3 is 5.97 Å². The van der Waals surface area contributed by atoms with Crippen LogP contribution in [0.1, 0.15) is 5.56 Å². The number of amides is 2. The van der Waals surface area contributed by atoms with Crippen molar-refractivity contribution in [1.29, 1.82) is 0 Å². The van der Waals surface area contributed by atoms with E-state index in [0.29, 0.717) is 33.0 Å². The van der Waals surface area contributed by atoms with Gasteiger partial charge in [-0.1, -0.05) is 18.2 Å². The molecule has 3 N–H and O–H groups in total. The van der Waals surface area contributed by atoms with E-state index in [9.17, 15) is 18.8 Å². The van der Waals surface area contributed by atoms with E-state index in [2.05, 4.69) is 15.7 Å². The Balaban J connectivity index is 1.56. The number of para-hydroxylation sites is 1. The highest BCUT2D eigenvalue weighted by Gasteiger charge is 2.17. The lowest BCUT2D eigenvalue weighted by Gasteiger charge is -2.07. The van der Waals surface area contributed by atoms with Crippen molar-refractivity contribution in [3.05, 3.63) is 54.2 Å². The van der Waals surface area contributed by atoms with Crippen molar-refractivity contribution < 1.29 is 28.3 Å². The van der Waals surface area contributed by atoms with E-state index >= 15 is 0 Å². The first-order valence-corrected chi connectivity index (χ1v) is 9.69. The number of carbonyl (C=O) groups is 3. The topological polar surface area (TPSA) is 126 Å². The number of hydrogen-bond acceptors (Lipinski definition) is 5. The molecular formula is C22H19FN4O5. The minimum Gasteiger partial charge on any atom is -0.480 e. The molecule has 9 nitrogen and oxygen atoms in total. The third-order valence-corrected chi connectivity index (χ3v) is 5.04. The van der Waals surface area contributed by atoms with E-state index in [4.69, 9.17) is 9.52 Å². The molecule has 0 saturated heterocycles. The SMILES string of the molecule is Cn1ncc2cc(F)c(-c3cccc4c(CC(=O)NCC(=O)NCC(=O)O)coc34)cc21. The number of rotatable bonds is 7. The number of carbonyl (C=O) groups excluding carboxylic acids is 2. The second-order valence-corrected chi connectivity index (χ2v) is 7.23. The molecule has 4 rings (SSSR count). The summed E-state index contributed by atoms with van der Waals surface area (Å²) in [5, 5.41) is 18.6. The van der Waals surface area contributed by atoms with Gasteiger partial charge in [-0.3, -0.25) is 19.1 Å². The van der Waals surface area contributed by atoms with E-state index in [-0.39, 0.29) is 13.0 Å². The second-order valence-electron chi connectivity index (χ2n) is 7.23. The largest absolute Gasteiger partial charge is 0.480 e. The number of fused-ring (bicyclic) bond motifs is 2. The van der Waals surface area contributed by atoms with Crippen molar-refractivity contribution >= 4 is 39.7 Å². The number of furan rings is 1. The maximum atomic E-state index is 14.8. The molecule has 2 aromatic carbocycles. The molecule has 32 heavy (non-hydrogen) atoms. The lowest BCUT2D eigenvalue weighted by Crippen LogP contribution is -2.39. The highest BCUT2D eigenvalue weighted by Crippen LogP contribution is 2.35. The van der Waals surface area contributed by atoms with Crippen molar-refractivity contribution in [1.82, 2.24) is 20.4 Å². The molecule has 0 bridgehead atoms. The van der Waals surface area contributed by atoms with Gasteiger partial charge in [-0.2, -0.15) is 5.10 Å². The van der Waals surface area contributed by atoms with Crippen molar-refractivity contribution in [3.8, 4) is 11.1 Å². The molecule has 2 heterocycles. The van der Waals surface area contributed by atoms with Crippen molar-refractivity contribution in [2.24, 2.45) is 7.05 Å². The highest BCUT2D eigenvalue weighted by atomic mass is 19.1. The number of nitrogens with zero attached hydrogens (tertiary/aromatic N) is 2. The molecule has 0 aliphatic rings. The predicted molar refractivity (Wildman–Crippen MR) is 113 cm³/mol. The molecule has 164 valence electrons. The number of carboxylic acid groups (broad SMARTS) is 1. The van der Waals surface area contributed by atoms with Crippen LogP contribution in [0, 0.1) is 5.82 Å². The lowest BCUT2D eigenvalue weighted by molar-refractivity contribution is -0.137. The van der Waals surface area contributed by atoms with Crippen molar-refractivity contribution in [3.63, 3.8) is 0 Å².